The van der Waals surface area contributed by atoms with Gasteiger partial charge in [0.05, 0.1) is 0 Å². The van der Waals surface area contributed by atoms with Gasteiger partial charge in [-0.1, -0.05) is 13.0 Å². The third kappa shape index (κ3) is 4.01. The number of rotatable bonds is 5. The van der Waals surface area contributed by atoms with Crippen molar-refractivity contribution in [3.63, 3.8) is 0 Å². The molecule has 0 N–H and O–H groups in total. The molecule has 0 amide bonds. The summed E-state index contributed by atoms with van der Waals surface area (Å²) < 4.78 is 0. The Hall–Kier alpha value is -0.920. The van der Waals surface area contributed by atoms with E-state index in [-0.39, 0.29) is 0 Å². The first kappa shape index (κ1) is 9.08. The maximum absolute atomic E-state index is 10.2. The second-order valence-corrected chi connectivity index (χ2v) is 2.01. The molecule has 0 fully saturated rings. The summed E-state index contributed by atoms with van der Waals surface area (Å²) in [4.78, 5) is 20.1. The lowest BCUT2D eigenvalue weighted by Crippen LogP contribution is -1.85. The first-order chi connectivity index (χ1) is 4.85. The van der Waals surface area contributed by atoms with Crippen molar-refractivity contribution in [1.82, 2.24) is 0 Å². The molecule has 0 aliphatic rings. The summed E-state index contributed by atoms with van der Waals surface area (Å²) in [7, 11) is 0. The molecule has 0 unspecified atom stereocenters. The van der Waals surface area contributed by atoms with Crippen molar-refractivity contribution in [2.24, 2.45) is 0 Å². The van der Waals surface area contributed by atoms with E-state index in [0.717, 1.165) is 24.6 Å². The summed E-state index contributed by atoms with van der Waals surface area (Å²) >= 11 is 0. The minimum atomic E-state index is 0.449. The third-order valence-electron chi connectivity index (χ3n) is 1.17. The zero-order valence-electron chi connectivity index (χ0n) is 6.17. The number of carbonyl (C=O) groups excluding carboxylic acids is 2. The van der Waals surface area contributed by atoms with Gasteiger partial charge in [-0.25, -0.2) is 0 Å². The largest absolute Gasteiger partial charge is 0.303 e. The van der Waals surface area contributed by atoms with Crippen molar-refractivity contribution in [3.05, 3.63) is 11.6 Å². The van der Waals surface area contributed by atoms with Crippen LogP contribution in [0.2, 0.25) is 0 Å². The van der Waals surface area contributed by atoms with Crippen LogP contribution in [0.25, 0.3) is 0 Å². The molecule has 56 valence electrons. The number of hydrogen-bond donors (Lipinski definition) is 0. The van der Waals surface area contributed by atoms with Crippen molar-refractivity contribution in [2.45, 2.75) is 26.2 Å². The lowest BCUT2D eigenvalue weighted by Gasteiger charge is -1.91. The molecule has 0 aliphatic heterocycles. The summed E-state index contributed by atoms with van der Waals surface area (Å²) in [5.74, 6) is 0. The minimum Gasteiger partial charge on any atom is -0.303 e. The number of allylic oxidation sites excluding steroid dienone is 2. The molecule has 0 saturated heterocycles. The standard InChI is InChI=1S/C8H12O2/c1-2-4-8(7-10)5-3-6-9/h4,6-7H,2-3,5H2,1H3. The summed E-state index contributed by atoms with van der Waals surface area (Å²) in [6, 6.07) is 0. The highest BCUT2D eigenvalue weighted by Crippen LogP contribution is 2.00. The first-order valence-corrected chi connectivity index (χ1v) is 3.43. The van der Waals surface area contributed by atoms with Gasteiger partial charge in [0.1, 0.15) is 12.6 Å². The maximum Gasteiger partial charge on any atom is 0.145 e. The van der Waals surface area contributed by atoms with Gasteiger partial charge >= 0.3 is 0 Å². The molecule has 0 bridgehead atoms. The van der Waals surface area contributed by atoms with E-state index in [2.05, 4.69) is 0 Å². The molecule has 0 aromatic heterocycles. The Bertz CT molecular complexity index is 136. The van der Waals surface area contributed by atoms with Gasteiger partial charge in [0, 0.05) is 6.42 Å². The molecule has 0 rings (SSSR count). The molecule has 2 nitrogen and oxygen atoms in total. The minimum absolute atomic E-state index is 0.449. The van der Waals surface area contributed by atoms with E-state index in [1.807, 2.05) is 13.0 Å². The Kier molecular flexibility index (Phi) is 5.63. The van der Waals surface area contributed by atoms with E-state index in [1.165, 1.54) is 0 Å². The monoisotopic (exact) mass is 140 g/mol. The molecule has 0 radical (unpaired) electrons. The highest BCUT2D eigenvalue weighted by molar-refractivity contribution is 5.73. The second kappa shape index (κ2) is 6.20. The second-order valence-electron chi connectivity index (χ2n) is 2.01. The van der Waals surface area contributed by atoms with E-state index in [9.17, 15) is 9.59 Å². The van der Waals surface area contributed by atoms with Crippen LogP contribution in [0, 0.1) is 0 Å². The highest BCUT2D eigenvalue weighted by Gasteiger charge is 1.91. The Balaban J connectivity index is 3.70. The van der Waals surface area contributed by atoms with E-state index in [1.54, 1.807) is 0 Å². The molecule has 10 heavy (non-hydrogen) atoms. The van der Waals surface area contributed by atoms with Crippen LogP contribution in [-0.2, 0) is 9.59 Å². The van der Waals surface area contributed by atoms with Gasteiger partial charge in [0.25, 0.3) is 0 Å². The van der Waals surface area contributed by atoms with Crippen LogP contribution in [0.1, 0.15) is 26.2 Å². The lowest BCUT2D eigenvalue weighted by atomic mass is 10.1. The normalized spacial score (nSPS) is 11.1. The van der Waals surface area contributed by atoms with E-state index < -0.39 is 0 Å². The highest BCUT2D eigenvalue weighted by atomic mass is 16.1. The van der Waals surface area contributed by atoms with Crippen LogP contribution in [0.4, 0.5) is 0 Å². The van der Waals surface area contributed by atoms with Gasteiger partial charge in [-0.3, -0.25) is 4.79 Å². The quantitative estimate of drug-likeness (QED) is 0.428. The van der Waals surface area contributed by atoms with Crippen LogP contribution < -0.4 is 0 Å². The molecule has 0 aromatic carbocycles. The van der Waals surface area contributed by atoms with Crippen molar-refractivity contribution in [1.29, 1.82) is 0 Å². The van der Waals surface area contributed by atoms with E-state index >= 15 is 0 Å². The van der Waals surface area contributed by atoms with Crippen LogP contribution in [-0.4, -0.2) is 12.6 Å². The Morgan fingerprint density at radius 1 is 1.40 bits per heavy atom. The number of aldehydes is 2. The van der Waals surface area contributed by atoms with Gasteiger partial charge in [-0.15, -0.1) is 0 Å². The number of carbonyl (C=O) groups is 2. The summed E-state index contributed by atoms with van der Waals surface area (Å²) in [6.07, 6.45) is 5.37. The molecule has 0 atom stereocenters. The molecule has 0 saturated carbocycles. The van der Waals surface area contributed by atoms with Crippen molar-refractivity contribution in [2.75, 3.05) is 0 Å². The fraction of sp³-hybridized carbons (Fsp3) is 0.500. The first-order valence-electron chi connectivity index (χ1n) is 3.43. The summed E-state index contributed by atoms with van der Waals surface area (Å²) in [6.45, 7) is 1.96. The predicted molar refractivity (Wildman–Crippen MR) is 39.7 cm³/mol. The lowest BCUT2D eigenvalue weighted by molar-refractivity contribution is -0.107. The van der Waals surface area contributed by atoms with E-state index in [4.69, 9.17) is 0 Å². The third-order valence-corrected chi connectivity index (χ3v) is 1.17. The Morgan fingerprint density at radius 2 is 2.10 bits per heavy atom. The van der Waals surface area contributed by atoms with Crippen molar-refractivity contribution in [3.8, 4) is 0 Å². The smallest absolute Gasteiger partial charge is 0.145 e. The molecule has 0 aromatic rings. The fourth-order valence-corrected chi connectivity index (χ4v) is 0.697. The molecular formula is C8H12O2. The topological polar surface area (TPSA) is 34.1 Å². The molecule has 2 heteroatoms. The van der Waals surface area contributed by atoms with E-state index in [0.29, 0.717) is 12.8 Å². The zero-order valence-corrected chi connectivity index (χ0v) is 6.17. The van der Waals surface area contributed by atoms with Crippen LogP contribution in [0.3, 0.4) is 0 Å². The van der Waals surface area contributed by atoms with Crippen LogP contribution >= 0.6 is 0 Å². The van der Waals surface area contributed by atoms with Gasteiger partial charge < -0.3 is 4.79 Å². The average molecular weight is 140 g/mol. The average Bonchev–Trinajstić information content (AvgIpc) is 1.98. The summed E-state index contributed by atoms with van der Waals surface area (Å²) in [5, 5.41) is 0. The van der Waals surface area contributed by atoms with Gasteiger partial charge in [-0.05, 0) is 18.4 Å². The molecule has 0 aliphatic carbocycles. The van der Waals surface area contributed by atoms with Gasteiger partial charge in [0.2, 0.25) is 0 Å². The predicted octanol–water partition coefficient (Wildman–Crippen LogP) is 1.50. The fourth-order valence-electron chi connectivity index (χ4n) is 0.697. The van der Waals surface area contributed by atoms with Gasteiger partial charge in [0.15, 0.2) is 0 Å². The molecule has 0 spiro atoms. The van der Waals surface area contributed by atoms with Crippen LogP contribution in [0.15, 0.2) is 11.6 Å². The molecule has 0 heterocycles. The van der Waals surface area contributed by atoms with Gasteiger partial charge in [-0.2, -0.15) is 0 Å². The van der Waals surface area contributed by atoms with Crippen molar-refractivity contribution < 1.29 is 9.59 Å². The van der Waals surface area contributed by atoms with Crippen LogP contribution in [0.5, 0.6) is 0 Å². The Morgan fingerprint density at radius 3 is 2.50 bits per heavy atom. The number of hydrogen-bond acceptors (Lipinski definition) is 2. The zero-order chi connectivity index (χ0) is 7.82. The Labute approximate surface area is 60.9 Å². The summed E-state index contributed by atoms with van der Waals surface area (Å²) in [5.41, 5.74) is 0.731. The SMILES string of the molecule is CCC=C(C=O)CCC=O. The maximum atomic E-state index is 10.2. The van der Waals surface area contributed by atoms with Crippen molar-refractivity contribution >= 4 is 12.6 Å². The molecular weight excluding hydrogens is 128 g/mol.